The number of rotatable bonds is 2. The van der Waals surface area contributed by atoms with E-state index in [0.717, 1.165) is 34.8 Å². The Labute approximate surface area is 148 Å². The van der Waals surface area contributed by atoms with Gasteiger partial charge in [0.25, 0.3) is 0 Å². The van der Waals surface area contributed by atoms with Crippen LogP contribution in [0.3, 0.4) is 0 Å². The predicted octanol–water partition coefficient (Wildman–Crippen LogP) is 4.47. The summed E-state index contributed by atoms with van der Waals surface area (Å²) < 4.78 is 16.7. The zero-order chi connectivity index (χ0) is 17.6. The molecule has 4 nitrogen and oxygen atoms in total. The lowest BCUT2D eigenvalue weighted by Gasteiger charge is -2.11. The largest absolute Gasteiger partial charge is 0.501 e. The van der Waals surface area contributed by atoms with Crippen LogP contribution in [0.15, 0.2) is 54.3 Å². The topological polar surface area (TPSA) is 44.8 Å². The van der Waals surface area contributed by atoms with Crippen LogP contribution in [0.25, 0.3) is 0 Å². The molecule has 2 aliphatic rings. The van der Waals surface area contributed by atoms with E-state index in [-0.39, 0.29) is 5.78 Å². The van der Waals surface area contributed by atoms with Gasteiger partial charge in [-0.2, -0.15) is 0 Å². The normalized spacial score (nSPS) is 16.9. The Morgan fingerprint density at radius 2 is 1.56 bits per heavy atom. The first-order valence-corrected chi connectivity index (χ1v) is 8.38. The highest BCUT2D eigenvalue weighted by Gasteiger charge is 2.09. The average Bonchev–Trinajstić information content (AvgIpc) is 2.64. The molecule has 2 aromatic rings. The SMILES string of the molecule is CO/C1=C\C(=O)CCc2ccc(cc2)Oc2cc(cc(OC)c2)CC1. The minimum absolute atomic E-state index is 0.0818. The molecule has 2 heterocycles. The first kappa shape index (κ1) is 17.1. The second kappa shape index (κ2) is 7.88. The molecule has 0 fully saturated rings. The second-order valence-corrected chi connectivity index (χ2v) is 6.04. The fourth-order valence-corrected chi connectivity index (χ4v) is 2.83. The van der Waals surface area contributed by atoms with Crippen LogP contribution in [0.1, 0.15) is 24.0 Å². The Morgan fingerprint density at radius 1 is 0.800 bits per heavy atom. The van der Waals surface area contributed by atoms with Crippen LogP contribution in [-0.4, -0.2) is 20.0 Å². The van der Waals surface area contributed by atoms with E-state index < -0.39 is 0 Å². The summed E-state index contributed by atoms with van der Waals surface area (Å²) >= 11 is 0. The standard InChI is InChI=1S/C21H22O4/c1-23-19-10-6-16-11-20(24-2)14-21(12-16)25-18-8-4-15(5-9-18)3-7-17(22)13-19/h4-5,8-9,11-14H,3,6-7,10H2,1-2H3/b19-13-. The van der Waals surface area contributed by atoms with Gasteiger partial charge in [0.15, 0.2) is 5.78 Å². The van der Waals surface area contributed by atoms with Gasteiger partial charge in [0.1, 0.15) is 17.2 Å². The summed E-state index contributed by atoms with van der Waals surface area (Å²) in [5.74, 6) is 3.02. The third-order valence-corrected chi connectivity index (χ3v) is 4.24. The van der Waals surface area contributed by atoms with Crippen molar-refractivity contribution >= 4 is 5.78 Å². The van der Waals surface area contributed by atoms with Gasteiger partial charge in [0.2, 0.25) is 0 Å². The van der Waals surface area contributed by atoms with Crippen molar-refractivity contribution in [2.24, 2.45) is 0 Å². The van der Waals surface area contributed by atoms with Crippen molar-refractivity contribution < 1.29 is 19.0 Å². The number of hydrogen-bond donors (Lipinski definition) is 0. The van der Waals surface area contributed by atoms with E-state index in [2.05, 4.69) is 0 Å². The van der Waals surface area contributed by atoms with Crippen LogP contribution in [0.2, 0.25) is 0 Å². The maximum Gasteiger partial charge on any atom is 0.159 e. The van der Waals surface area contributed by atoms with Crippen molar-refractivity contribution in [2.75, 3.05) is 14.2 Å². The molecule has 0 aliphatic carbocycles. The van der Waals surface area contributed by atoms with E-state index in [4.69, 9.17) is 14.2 Å². The Hall–Kier alpha value is -2.75. The molecule has 4 bridgehead atoms. The van der Waals surface area contributed by atoms with Gasteiger partial charge in [0.05, 0.1) is 20.0 Å². The molecule has 0 unspecified atom stereocenters. The van der Waals surface area contributed by atoms with E-state index in [0.29, 0.717) is 25.0 Å². The molecule has 0 aromatic heterocycles. The van der Waals surface area contributed by atoms with Gasteiger partial charge in [0, 0.05) is 25.0 Å². The van der Waals surface area contributed by atoms with Gasteiger partial charge in [-0.25, -0.2) is 0 Å². The molecule has 4 rings (SSSR count). The first-order chi connectivity index (χ1) is 12.2. The third kappa shape index (κ3) is 4.63. The molecule has 0 spiro atoms. The highest BCUT2D eigenvalue weighted by atomic mass is 16.5. The van der Waals surface area contributed by atoms with Gasteiger partial charge >= 0.3 is 0 Å². The van der Waals surface area contributed by atoms with Gasteiger partial charge in [-0.3, -0.25) is 4.79 Å². The number of aryl methyl sites for hydroxylation is 2. The van der Waals surface area contributed by atoms with Crippen LogP contribution in [0.5, 0.6) is 17.2 Å². The van der Waals surface area contributed by atoms with E-state index in [1.807, 2.05) is 42.5 Å². The Morgan fingerprint density at radius 3 is 2.28 bits per heavy atom. The summed E-state index contributed by atoms with van der Waals surface area (Å²) in [5, 5.41) is 0. The quantitative estimate of drug-likeness (QED) is 0.811. The molecule has 4 heteroatoms. The van der Waals surface area contributed by atoms with Crippen LogP contribution in [-0.2, 0) is 22.4 Å². The maximum absolute atomic E-state index is 12.2. The van der Waals surface area contributed by atoms with Crippen molar-refractivity contribution in [3.8, 4) is 17.2 Å². The molecular formula is C21H22O4. The number of carbonyl (C=O) groups excluding carboxylic acids is 1. The number of methoxy groups -OCH3 is 2. The lowest BCUT2D eigenvalue weighted by atomic mass is 10.1. The van der Waals surface area contributed by atoms with E-state index in [9.17, 15) is 4.79 Å². The van der Waals surface area contributed by atoms with Crippen LogP contribution in [0.4, 0.5) is 0 Å². The van der Waals surface area contributed by atoms with Crippen molar-refractivity contribution in [1.82, 2.24) is 0 Å². The summed E-state index contributed by atoms with van der Waals surface area (Å²) in [6, 6.07) is 13.7. The molecule has 0 saturated heterocycles. The number of fused-ring (bicyclic) bond motifs is 7. The van der Waals surface area contributed by atoms with E-state index in [1.54, 1.807) is 20.3 Å². The number of benzene rings is 2. The zero-order valence-electron chi connectivity index (χ0n) is 14.6. The van der Waals surface area contributed by atoms with Crippen LogP contribution >= 0.6 is 0 Å². The highest BCUT2D eigenvalue weighted by Crippen LogP contribution is 2.29. The van der Waals surface area contributed by atoms with Gasteiger partial charge in [-0.05, 0) is 48.2 Å². The fourth-order valence-electron chi connectivity index (χ4n) is 2.83. The number of hydrogen-bond acceptors (Lipinski definition) is 4. The summed E-state index contributed by atoms with van der Waals surface area (Å²) in [5.41, 5.74) is 2.17. The van der Waals surface area contributed by atoms with Gasteiger partial charge in [-0.15, -0.1) is 0 Å². The van der Waals surface area contributed by atoms with Crippen molar-refractivity contribution in [1.29, 1.82) is 0 Å². The predicted molar refractivity (Wildman–Crippen MR) is 96.3 cm³/mol. The van der Waals surface area contributed by atoms with Crippen molar-refractivity contribution in [2.45, 2.75) is 25.7 Å². The minimum Gasteiger partial charge on any atom is -0.501 e. The summed E-state index contributed by atoms with van der Waals surface area (Å²) in [4.78, 5) is 12.2. The van der Waals surface area contributed by atoms with Crippen molar-refractivity contribution in [3.63, 3.8) is 0 Å². The molecule has 0 atom stereocenters. The van der Waals surface area contributed by atoms with Crippen LogP contribution < -0.4 is 9.47 Å². The van der Waals surface area contributed by atoms with E-state index in [1.165, 1.54) is 0 Å². The van der Waals surface area contributed by atoms with Crippen molar-refractivity contribution in [3.05, 3.63) is 65.4 Å². The fraction of sp³-hybridized carbons (Fsp3) is 0.286. The molecule has 2 aromatic carbocycles. The van der Waals surface area contributed by atoms with Gasteiger partial charge < -0.3 is 14.2 Å². The lowest BCUT2D eigenvalue weighted by Crippen LogP contribution is -2.00. The third-order valence-electron chi connectivity index (χ3n) is 4.24. The molecule has 0 amide bonds. The summed E-state index contributed by atoms with van der Waals surface area (Å²) in [7, 11) is 3.24. The molecule has 0 N–H and O–H groups in total. The number of ketones is 1. The number of allylic oxidation sites excluding steroid dienone is 2. The molecule has 25 heavy (non-hydrogen) atoms. The molecule has 0 saturated carbocycles. The molecule has 0 radical (unpaired) electrons. The zero-order valence-corrected chi connectivity index (χ0v) is 14.6. The molecule has 130 valence electrons. The minimum atomic E-state index is 0.0818. The Bertz CT molecular complexity index is 775. The van der Waals surface area contributed by atoms with Crippen LogP contribution in [0, 0.1) is 0 Å². The summed E-state index contributed by atoms with van der Waals surface area (Å²) in [6.45, 7) is 0. The van der Waals surface area contributed by atoms with Gasteiger partial charge in [-0.1, -0.05) is 12.1 Å². The van der Waals surface area contributed by atoms with E-state index >= 15 is 0 Å². The Kier molecular flexibility index (Phi) is 5.39. The monoisotopic (exact) mass is 338 g/mol. The number of carbonyl (C=O) groups is 1. The second-order valence-electron chi connectivity index (χ2n) is 6.04. The number of ether oxygens (including phenoxy) is 3. The maximum atomic E-state index is 12.2. The highest BCUT2D eigenvalue weighted by molar-refractivity contribution is 5.90. The Balaban J connectivity index is 1.97. The lowest BCUT2D eigenvalue weighted by molar-refractivity contribution is -0.114. The molecular weight excluding hydrogens is 316 g/mol. The molecule has 2 aliphatic heterocycles. The first-order valence-electron chi connectivity index (χ1n) is 8.38. The smallest absolute Gasteiger partial charge is 0.159 e. The average molecular weight is 338 g/mol. The summed E-state index contributed by atoms with van der Waals surface area (Å²) in [6.07, 6.45) is 4.17.